The lowest BCUT2D eigenvalue weighted by Crippen LogP contribution is -2.43. The van der Waals surface area contributed by atoms with Gasteiger partial charge >= 0.3 is 5.97 Å². The highest BCUT2D eigenvalue weighted by atomic mass is 32.2. The van der Waals surface area contributed by atoms with E-state index in [-0.39, 0.29) is 10.8 Å². The van der Waals surface area contributed by atoms with Crippen LogP contribution >= 0.6 is 0 Å². The van der Waals surface area contributed by atoms with Crippen LogP contribution in [0.2, 0.25) is 0 Å². The second-order valence-corrected chi connectivity index (χ2v) is 7.35. The molecule has 0 heterocycles. The van der Waals surface area contributed by atoms with Crippen LogP contribution in [0.15, 0.2) is 11.5 Å². The van der Waals surface area contributed by atoms with Gasteiger partial charge in [0, 0.05) is 33.5 Å². The molecule has 0 saturated heterocycles. The van der Waals surface area contributed by atoms with E-state index in [2.05, 4.69) is 13.8 Å². The highest BCUT2D eigenvalue weighted by Gasteiger charge is 2.63. The summed E-state index contributed by atoms with van der Waals surface area (Å²) in [6, 6.07) is 0. The number of hydrogen-bond acceptors (Lipinski definition) is 3. The Kier molecular flexibility index (Phi) is 3.40. The number of aliphatic hydroxyl groups excluding tert-OH is 1. The summed E-state index contributed by atoms with van der Waals surface area (Å²) >= 11 is 0. The normalized spacial score (nSPS) is 39.3. The molecule has 2 aliphatic carbocycles. The summed E-state index contributed by atoms with van der Waals surface area (Å²) in [4.78, 5) is 10.4. The van der Waals surface area contributed by atoms with Crippen molar-refractivity contribution in [1.82, 2.24) is 0 Å². The van der Waals surface area contributed by atoms with Crippen molar-refractivity contribution in [3.63, 3.8) is 0 Å². The molecule has 2 fully saturated rings. The Morgan fingerprint density at radius 1 is 1.50 bits per heavy atom. The van der Waals surface area contributed by atoms with Crippen LogP contribution in [0.5, 0.6) is 0 Å². The van der Waals surface area contributed by atoms with E-state index in [1.807, 2.05) is 0 Å². The molecule has 4 nitrogen and oxygen atoms in total. The summed E-state index contributed by atoms with van der Waals surface area (Å²) in [7, 11) is -1.33. The summed E-state index contributed by atoms with van der Waals surface area (Å²) in [5.41, 5.74) is -0.329. The Hall–Kier alpha value is -0.680. The third kappa shape index (κ3) is 1.93. The molecule has 2 aliphatic rings. The number of aliphatic carboxylic acids is 1. The zero-order valence-corrected chi connectivity index (χ0v) is 11.6. The summed E-state index contributed by atoms with van der Waals surface area (Å²) in [5, 5.41) is 20.0. The standard InChI is InChI=1S/C13H20O4S/c1-12(2)9-3-5-13(12,10(14)7-9)8-18(17)6-4-11(15)16/h4,6,9-10,14H,3,5,7-8H2,1-2H3,(H,15,16)/b6-4+/t9-,10+,13-,18?/m1/s1. The van der Waals surface area contributed by atoms with Gasteiger partial charge in [-0.25, -0.2) is 4.79 Å². The molecule has 0 spiro atoms. The second kappa shape index (κ2) is 4.46. The van der Waals surface area contributed by atoms with Crippen molar-refractivity contribution in [3.8, 4) is 0 Å². The Labute approximate surface area is 110 Å². The molecule has 2 saturated carbocycles. The van der Waals surface area contributed by atoms with Gasteiger partial charge in [-0.1, -0.05) is 13.8 Å². The first-order valence-corrected chi connectivity index (χ1v) is 7.64. The zero-order valence-electron chi connectivity index (χ0n) is 10.8. The van der Waals surface area contributed by atoms with Crippen LogP contribution in [0.4, 0.5) is 0 Å². The second-order valence-electron chi connectivity index (χ2n) is 6.03. The maximum Gasteiger partial charge on any atom is 0.328 e. The van der Waals surface area contributed by atoms with Gasteiger partial charge in [-0.05, 0) is 30.6 Å². The lowest BCUT2D eigenvalue weighted by Gasteiger charge is -2.39. The predicted octanol–water partition coefficient (Wildman–Crippen LogP) is 1.52. The van der Waals surface area contributed by atoms with Gasteiger partial charge in [-0.15, -0.1) is 0 Å². The minimum absolute atomic E-state index is 0.0147. The van der Waals surface area contributed by atoms with Crippen molar-refractivity contribution in [1.29, 1.82) is 0 Å². The van der Waals surface area contributed by atoms with E-state index in [9.17, 15) is 14.1 Å². The Morgan fingerprint density at radius 3 is 2.61 bits per heavy atom. The van der Waals surface area contributed by atoms with Crippen molar-refractivity contribution in [2.75, 3.05) is 5.75 Å². The van der Waals surface area contributed by atoms with Gasteiger partial charge < -0.3 is 10.2 Å². The monoisotopic (exact) mass is 272 g/mol. The minimum atomic E-state index is -1.33. The number of hydrogen-bond donors (Lipinski definition) is 2. The van der Waals surface area contributed by atoms with E-state index in [1.54, 1.807) is 0 Å². The highest BCUT2D eigenvalue weighted by Crippen LogP contribution is 2.65. The molecule has 0 aliphatic heterocycles. The smallest absolute Gasteiger partial charge is 0.328 e. The quantitative estimate of drug-likeness (QED) is 0.761. The van der Waals surface area contributed by atoms with Crippen molar-refractivity contribution in [3.05, 3.63) is 11.5 Å². The predicted molar refractivity (Wildman–Crippen MR) is 69.3 cm³/mol. The molecule has 4 atom stereocenters. The van der Waals surface area contributed by atoms with Gasteiger partial charge in [0.1, 0.15) is 0 Å². The molecule has 2 rings (SSSR count). The molecule has 2 N–H and O–H groups in total. The maximum atomic E-state index is 12.0. The fourth-order valence-corrected chi connectivity index (χ4v) is 5.40. The molecule has 102 valence electrons. The Morgan fingerprint density at radius 2 is 2.17 bits per heavy atom. The summed E-state index contributed by atoms with van der Waals surface area (Å²) < 4.78 is 12.0. The van der Waals surface area contributed by atoms with Crippen LogP contribution in [0.1, 0.15) is 33.1 Å². The molecular weight excluding hydrogens is 252 g/mol. The van der Waals surface area contributed by atoms with Gasteiger partial charge in [0.15, 0.2) is 0 Å². The lowest BCUT2D eigenvalue weighted by atomic mass is 9.70. The van der Waals surface area contributed by atoms with E-state index in [0.29, 0.717) is 11.7 Å². The van der Waals surface area contributed by atoms with Gasteiger partial charge in [-0.3, -0.25) is 4.21 Å². The van der Waals surface area contributed by atoms with E-state index in [1.165, 1.54) is 5.41 Å². The first-order chi connectivity index (χ1) is 8.29. The average molecular weight is 272 g/mol. The first-order valence-electron chi connectivity index (χ1n) is 6.26. The molecule has 0 aromatic rings. The Bertz CT molecular complexity index is 415. The first kappa shape index (κ1) is 13.7. The molecular formula is C13H20O4S. The minimum Gasteiger partial charge on any atom is -0.478 e. The fraction of sp³-hybridized carbons (Fsp3) is 0.769. The SMILES string of the molecule is CC1(C)[C@@H]2CC[C@@]1(CS(=O)/C=C/C(=O)O)[C@@H](O)C2. The maximum absolute atomic E-state index is 12.0. The molecule has 0 amide bonds. The topological polar surface area (TPSA) is 74.6 Å². The third-order valence-electron chi connectivity index (χ3n) is 5.15. The van der Waals surface area contributed by atoms with Crippen molar-refractivity contribution >= 4 is 16.8 Å². The van der Waals surface area contributed by atoms with Gasteiger partial charge in [0.05, 0.1) is 6.10 Å². The number of carbonyl (C=O) groups is 1. The van der Waals surface area contributed by atoms with Gasteiger partial charge in [0.2, 0.25) is 0 Å². The molecule has 0 aromatic carbocycles. The molecule has 18 heavy (non-hydrogen) atoms. The van der Waals surface area contributed by atoms with Crippen LogP contribution in [-0.2, 0) is 15.6 Å². The van der Waals surface area contributed by atoms with Crippen molar-refractivity contribution < 1.29 is 19.2 Å². The third-order valence-corrected chi connectivity index (χ3v) is 6.39. The number of carboxylic acids is 1. The number of fused-ring (bicyclic) bond motifs is 2. The van der Waals surface area contributed by atoms with E-state index in [0.717, 1.165) is 25.3 Å². The van der Waals surface area contributed by atoms with E-state index in [4.69, 9.17) is 5.11 Å². The van der Waals surface area contributed by atoms with Crippen LogP contribution in [0.3, 0.4) is 0 Å². The van der Waals surface area contributed by atoms with Crippen molar-refractivity contribution in [2.24, 2.45) is 16.7 Å². The highest BCUT2D eigenvalue weighted by molar-refractivity contribution is 7.88. The van der Waals surface area contributed by atoms with Gasteiger partial charge in [-0.2, -0.15) is 0 Å². The fourth-order valence-electron chi connectivity index (χ4n) is 3.82. The number of carboxylic acid groups (broad SMARTS) is 1. The largest absolute Gasteiger partial charge is 0.478 e. The van der Waals surface area contributed by atoms with Crippen LogP contribution in [0, 0.1) is 16.7 Å². The summed E-state index contributed by atoms with van der Waals surface area (Å²) in [5.74, 6) is -0.231. The average Bonchev–Trinajstić information content (AvgIpc) is 2.60. The molecule has 5 heteroatoms. The van der Waals surface area contributed by atoms with E-state index >= 15 is 0 Å². The molecule has 1 unspecified atom stereocenters. The Balaban J connectivity index is 2.16. The van der Waals surface area contributed by atoms with E-state index < -0.39 is 22.9 Å². The van der Waals surface area contributed by atoms with Crippen LogP contribution < -0.4 is 0 Å². The van der Waals surface area contributed by atoms with Crippen LogP contribution in [0.25, 0.3) is 0 Å². The number of rotatable bonds is 4. The number of aliphatic hydroxyl groups is 1. The summed E-state index contributed by atoms with van der Waals surface area (Å²) in [6.07, 6.45) is 3.26. The molecule has 2 bridgehead atoms. The molecule has 0 aromatic heterocycles. The zero-order chi connectivity index (χ0) is 13.6. The molecule has 0 radical (unpaired) electrons. The lowest BCUT2D eigenvalue weighted by molar-refractivity contribution is -0.131. The van der Waals surface area contributed by atoms with Crippen LogP contribution in [-0.4, -0.2) is 32.2 Å². The van der Waals surface area contributed by atoms with Crippen molar-refractivity contribution in [2.45, 2.75) is 39.2 Å². The van der Waals surface area contributed by atoms with Gasteiger partial charge in [0.25, 0.3) is 0 Å². The summed E-state index contributed by atoms with van der Waals surface area (Å²) in [6.45, 7) is 4.28.